The molecule has 0 N–H and O–H groups in total. The maximum atomic E-state index is 12.9. The third-order valence-corrected chi connectivity index (χ3v) is 7.31. The summed E-state index contributed by atoms with van der Waals surface area (Å²) in [5, 5.41) is 4.36. The van der Waals surface area contributed by atoms with Crippen LogP contribution in [0, 0.1) is 12.8 Å². The van der Waals surface area contributed by atoms with E-state index in [1.165, 1.54) is 6.92 Å². The summed E-state index contributed by atoms with van der Waals surface area (Å²) in [6.07, 6.45) is 6.88. The lowest BCUT2D eigenvalue weighted by atomic mass is 9.99. The van der Waals surface area contributed by atoms with Gasteiger partial charge in [0.2, 0.25) is 0 Å². The second-order valence-corrected chi connectivity index (χ2v) is 9.21. The number of rotatable bonds is 5. The molecule has 0 amide bonds. The number of esters is 1. The standard InChI is InChI=1S/C17H28N4O4S/c1-14-11-18-21(12-14)17-5-9-20(10-6-17)26(23,24)19-7-3-16(4-8-19)13-25-15(2)22/h11-12,16-17H,3-10,13H2,1-2H3. The lowest BCUT2D eigenvalue weighted by Gasteiger charge is -2.37. The molecule has 0 spiro atoms. The topological polar surface area (TPSA) is 84.7 Å². The SMILES string of the molecule is CC(=O)OCC1CCN(S(=O)(=O)N2CCC(n3cc(C)cn3)CC2)CC1. The first-order valence-corrected chi connectivity index (χ1v) is 10.7. The molecule has 146 valence electrons. The van der Waals surface area contributed by atoms with Gasteiger partial charge in [-0.1, -0.05) is 0 Å². The van der Waals surface area contributed by atoms with Crippen LogP contribution in [0.5, 0.6) is 0 Å². The molecule has 2 aliphatic heterocycles. The zero-order valence-corrected chi connectivity index (χ0v) is 16.3. The van der Waals surface area contributed by atoms with E-state index in [-0.39, 0.29) is 17.9 Å². The Morgan fingerprint density at radius 1 is 1.15 bits per heavy atom. The zero-order valence-electron chi connectivity index (χ0n) is 15.5. The minimum atomic E-state index is -3.41. The van der Waals surface area contributed by atoms with Gasteiger partial charge < -0.3 is 4.74 Å². The van der Waals surface area contributed by atoms with Gasteiger partial charge in [-0.15, -0.1) is 0 Å². The largest absolute Gasteiger partial charge is 0.466 e. The van der Waals surface area contributed by atoms with Crippen molar-refractivity contribution in [3.05, 3.63) is 18.0 Å². The van der Waals surface area contributed by atoms with Crippen molar-refractivity contribution in [2.75, 3.05) is 32.8 Å². The lowest BCUT2D eigenvalue weighted by molar-refractivity contribution is -0.142. The fraction of sp³-hybridized carbons (Fsp3) is 0.765. The fourth-order valence-corrected chi connectivity index (χ4v) is 5.35. The number of hydrogen-bond acceptors (Lipinski definition) is 5. The van der Waals surface area contributed by atoms with Gasteiger partial charge in [0.25, 0.3) is 10.2 Å². The number of aromatic nitrogens is 2. The van der Waals surface area contributed by atoms with Crippen LogP contribution >= 0.6 is 0 Å². The van der Waals surface area contributed by atoms with Crippen LogP contribution in [0.15, 0.2) is 12.4 Å². The van der Waals surface area contributed by atoms with Crippen molar-refractivity contribution in [1.82, 2.24) is 18.4 Å². The predicted molar refractivity (Wildman–Crippen MR) is 96.7 cm³/mol. The minimum absolute atomic E-state index is 0.249. The van der Waals surface area contributed by atoms with Crippen LogP contribution in [0.2, 0.25) is 0 Å². The van der Waals surface area contributed by atoms with E-state index in [1.54, 1.807) is 8.61 Å². The molecule has 2 saturated heterocycles. The van der Waals surface area contributed by atoms with Gasteiger partial charge in [0, 0.05) is 39.3 Å². The molecule has 0 radical (unpaired) electrons. The third kappa shape index (κ3) is 4.44. The van der Waals surface area contributed by atoms with E-state index in [0.717, 1.165) is 31.2 Å². The average Bonchev–Trinajstić information content (AvgIpc) is 3.07. The second kappa shape index (κ2) is 8.06. The van der Waals surface area contributed by atoms with E-state index < -0.39 is 10.2 Å². The monoisotopic (exact) mass is 384 g/mol. The van der Waals surface area contributed by atoms with Gasteiger partial charge in [0.15, 0.2) is 0 Å². The van der Waals surface area contributed by atoms with Gasteiger partial charge in [-0.3, -0.25) is 9.48 Å². The first-order valence-electron chi connectivity index (χ1n) is 9.25. The van der Waals surface area contributed by atoms with Gasteiger partial charge >= 0.3 is 5.97 Å². The Morgan fingerprint density at radius 3 is 2.23 bits per heavy atom. The highest BCUT2D eigenvalue weighted by atomic mass is 32.2. The van der Waals surface area contributed by atoms with Crippen molar-refractivity contribution in [2.45, 2.75) is 45.6 Å². The molecule has 0 aromatic carbocycles. The summed E-state index contributed by atoms with van der Waals surface area (Å²) in [6, 6.07) is 0.268. The smallest absolute Gasteiger partial charge is 0.302 e. The summed E-state index contributed by atoms with van der Waals surface area (Å²) in [5.74, 6) is -0.0329. The van der Waals surface area contributed by atoms with Crippen molar-refractivity contribution >= 4 is 16.2 Å². The molecule has 0 saturated carbocycles. The van der Waals surface area contributed by atoms with E-state index in [0.29, 0.717) is 32.8 Å². The molecule has 0 unspecified atom stereocenters. The van der Waals surface area contributed by atoms with E-state index in [9.17, 15) is 13.2 Å². The molecule has 1 aromatic rings. The van der Waals surface area contributed by atoms with Crippen LogP contribution in [-0.4, -0.2) is 65.6 Å². The average molecular weight is 385 g/mol. The summed E-state index contributed by atoms with van der Waals surface area (Å²) in [4.78, 5) is 10.9. The van der Waals surface area contributed by atoms with Gasteiger partial charge in [-0.2, -0.15) is 22.1 Å². The number of nitrogens with zero attached hydrogens (tertiary/aromatic N) is 4. The normalized spacial score (nSPS) is 21.8. The van der Waals surface area contributed by atoms with Crippen LogP contribution in [0.3, 0.4) is 0 Å². The fourth-order valence-electron chi connectivity index (χ4n) is 3.68. The minimum Gasteiger partial charge on any atom is -0.466 e. The van der Waals surface area contributed by atoms with Crippen molar-refractivity contribution < 1.29 is 17.9 Å². The Morgan fingerprint density at radius 2 is 1.73 bits per heavy atom. The third-order valence-electron chi connectivity index (χ3n) is 5.28. The highest BCUT2D eigenvalue weighted by Gasteiger charge is 2.35. The Bertz CT molecular complexity index is 717. The zero-order chi connectivity index (χ0) is 18.7. The predicted octanol–water partition coefficient (Wildman–Crippen LogP) is 1.35. The Kier molecular flexibility index (Phi) is 5.99. The van der Waals surface area contributed by atoms with Gasteiger partial charge in [0.05, 0.1) is 18.8 Å². The molecular formula is C17H28N4O4S. The molecule has 26 heavy (non-hydrogen) atoms. The van der Waals surface area contributed by atoms with Crippen LogP contribution in [0.25, 0.3) is 0 Å². The first-order chi connectivity index (χ1) is 12.4. The van der Waals surface area contributed by atoms with Crippen molar-refractivity contribution in [3.63, 3.8) is 0 Å². The van der Waals surface area contributed by atoms with Crippen molar-refractivity contribution in [2.24, 2.45) is 5.92 Å². The van der Waals surface area contributed by atoms with Crippen LogP contribution in [-0.2, 0) is 19.7 Å². The molecule has 9 heteroatoms. The molecule has 3 heterocycles. The highest BCUT2D eigenvalue weighted by molar-refractivity contribution is 7.86. The van der Waals surface area contributed by atoms with Gasteiger partial charge in [0.1, 0.15) is 0 Å². The summed E-state index contributed by atoms with van der Waals surface area (Å²) in [7, 11) is -3.41. The van der Waals surface area contributed by atoms with E-state index in [4.69, 9.17) is 4.74 Å². The molecule has 0 atom stereocenters. The van der Waals surface area contributed by atoms with Crippen molar-refractivity contribution in [3.8, 4) is 0 Å². The summed E-state index contributed by atoms with van der Waals surface area (Å²) in [5.41, 5.74) is 1.12. The van der Waals surface area contributed by atoms with Gasteiger partial charge in [-0.25, -0.2) is 0 Å². The molecule has 0 bridgehead atoms. The van der Waals surface area contributed by atoms with E-state index in [2.05, 4.69) is 5.10 Å². The number of aryl methyl sites for hydroxylation is 1. The molecule has 2 fully saturated rings. The number of carbonyl (C=O) groups excluding carboxylic acids is 1. The maximum Gasteiger partial charge on any atom is 0.302 e. The van der Waals surface area contributed by atoms with Crippen LogP contribution < -0.4 is 0 Å². The van der Waals surface area contributed by atoms with E-state index in [1.807, 2.05) is 24.0 Å². The number of hydrogen-bond donors (Lipinski definition) is 0. The molecular weight excluding hydrogens is 356 g/mol. The number of ether oxygens (including phenoxy) is 1. The summed E-state index contributed by atoms with van der Waals surface area (Å²) < 4.78 is 36.0. The first kappa shape index (κ1) is 19.3. The van der Waals surface area contributed by atoms with Crippen LogP contribution in [0.4, 0.5) is 0 Å². The Labute approximate surface area is 155 Å². The summed E-state index contributed by atoms with van der Waals surface area (Å²) >= 11 is 0. The number of carbonyl (C=O) groups is 1. The second-order valence-electron chi connectivity index (χ2n) is 7.28. The highest BCUT2D eigenvalue weighted by Crippen LogP contribution is 2.27. The van der Waals surface area contributed by atoms with E-state index >= 15 is 0 Å². The molecule has 3 rings (SSSR count). The quantitative estimate of drug-likeness (QED) is 0.716. The molecule has 1 aromatic heterocycles. The Balaban J connectivity index is 1.51. The van der Waals surface area contributed by atoms with Crippen molar-refractivity contribution in [1.29, 1.82) is 0 Å². The molecule has 8 nitrogen and oxygen atoms in total. The molecule has 2 aliphatic rings. The van der Waals surface area contributed by atoms with Crippen LogP contribution in [0.1, 0.15) is 44.2 Å². The maximum absolute atomic E-state index is 12.9. The number of piperidine rings is 2. The Hall–Kier alpha value is -1.45. The summed E-state index contributed by atoms with van der Waals surface area (Å²) in [6.45, 7) is 5.83. The molecule has 0 aliphatic carbocycles. The lowest BCUT2D eigenvalue weighted by Crippen LogP contribution is -2.50. The van der Waals surface area contributed by atoms with Gasteiger partial charge in [-0.05, 0) is 44.1 Å².